The van der Waals surface area contributed by atoms with Crippen molar-refractivity contribution in [3.05, 3.63) is 112 Å². The minimum absolute atomic E-state index is 0.0696. The lowest BCUT2D eigenvalue weighted by atomic mass is 9.91. The lowest BCUT2D eigenvalue weighted by molar-refractivity contribution is 0.0182. The first-order valence-corrected chi connectivity index (χ1v) is 12.1. The lowest BCUT2D eigenvalue weighted by Crippen LogP contribution is -2.44. The van der Waals surface area contributed by atoms with Gasteiger partial charge in [0.05, 0.1) is 13.1 Å². The number of benzene rings is 3. The molecule has 5 aromatic rings. The Bertz CT molecular complexity index is 1490. The quantitative estimate of drug-likeness (QED) is 0.234. The number of fused-ring (bicyclic) bond motifs is 1. The van der Waals surface area contributed by atoms with E-state index >= 15 is 0 Å². The number of anilines is 1. The predicted octanol–water partition coefficient (Wildman–Crippen LogP) is 5.38. The van der Waals surface area contributed by atoms with Crippen LogP contribution in [0.1, 0.15) is 11.1 Å². The summed E-state index contributed by atoms with van der Waals surface area (Å²) in [5, 5.41) is 16.7. The third kappa shape index (κ3) is 5.09. The summed E-state index contributed by atoms with van der Waals surface area (Å²) in [7, 11) is 0. The van der Waals surface area contributed by atoms with Gasteiger partial charge in [0.25, 0.3) is 0 Å². The number of nitrogens with one attached hydrogen (secondary N) is 1. The molecule has 6 nitrogen and oxygen atoms in total. The molecule has 1 unspecified atom stereocenters. The Balaban J connectivity index is 1.58. The smallest absolute Gasteiger partial charge is 0.137 e. The molecule has 0 aliphatic carbocycles. The van der Waals surface area contributed by atoms with E-state index < -0.39 is 17.2 Å². The number of halogens is 4. The summed E-state index contributed by atoms with van der Waals surface area (Å²) in [4.78, 5) is 8.94. The van der Waals surface area contributed by atoms with Gasteiger partial charge in [-0.15, -0.1) is 0 Å². The molecule has 0 aliphatic heterocycles. The maximum Gasteiger partial charge on any atom is 0.137 e. The average molecular weight is 603 g/mol. The van der Waals surface area contributed by atoms with Crippen LogP contribution >= 0.6 is 22.6 Å². The van der Waals surface area contributed by atoms with E-state index in [4.69, 9.17) is 0 Å². The van der Waals surface area contributed by atoms with Gasteiger partial charge in [0.2, 0.25) is 0 Å². The molecule has 36 heavy (non-hydrogen) atoms. The molecule has 2 aromatic heterocycles. The van der Waals surface area contributed by atoms with Crippen LogP contribution in [0.3, 0.4) is 0 Å². The van der Waals surface area contributed by atoms with E-state index in [1.165, 1.54) is 35.5 Å². The van der Waals surface area contributed by atoms with Crippen LogP contribution in [0.25, 0.3) is 10.9 Å². The molecule has 2 heterocycles. The zero-order chi connectivity index (χ0) is 25.3. The monoisotopic (exact) mass is 603 g/mol. The normalized spacial score (nSPS) is 13.1. The van der Waals surface area contributed by atoms with Crippen LogP contribution in [0.15, 0.2) is 79.5 Å². The van der Waals surface area contributed by atoms with Crippen molar-refractivity contribution in [1.29, 1.82) is 0 Å². The third-order valence-electron chi connectivity index (χ3n) is 6.06. The highest BCUT2D eigenvalue weighted by molar-refractivity contribution is 14.1. The van der Waals surface area contributed by atoms with Crippen molar-refractivity contribution >= 4 is 39.2 Å². The molecule has 0 saturated heterocycles. The number of aromatic nitrogens is 4. The molecule has 0 spiro atoms. The van der Waals surface area contributed by atoms with E-state index in [2.05, 4.69) is 37.7 Å². The fourth-order valence-corrected chi connectivity index (χ4v) is 4.72. The molecule has 1 atom stereocenters. The van der Waals surface area contributed by atoms with E-state index in [1.54, 1.807) is 12.3 Å². The summed E-state index contributed by atoms with van der Waals surface area (Å²) >= 11 is 2.20. The van der Waals surface area contributed by atoms with Gasteiger partial charge in [0.1, 0.15) is 35.7 Å². The van der Waals surface area contributed by atoms with Crippen molar-refractivity contribution < 1.29 is 18.3 Å². The highest BCUT2D eigenvalue weighted by atomic mass is 127. The Morgan fingerprint density at radius 2 is 1.75 bits per heavy atom. The highest BCUT2D eigenvalue weighted by Gasteiger charge is 2.36. The summed E-state index contributed by atoms with van der Waals surface area (Å²) in [5.41, 5.74) is 0.453. The largest absolute Gasteiger partial charge is 0.381 e. The molecule has 0 radical (unpaired) electrons. The molecular formula is C26H21F3IN5O. The minimum Gasteiger partial charge on any atom is -0.381 e. The van der Waals surface area contributed by atoms with Crippen LogP contribution in [0.2, 0.25) is 0 Å². The second kappa shape index (κ2) is 9.94. The minimum atomic E-state index is -1.81. The fraction of sp³-hybridized carbons (Fsp3) is 0.154. The van der Waals surface area contributed by atoms with Gasteiger partial charge in [-0.3, -0.25) is 0 Å². The van der Waals surface area contributed by atoms with Gasteiger partial charge in [0, 0.05) is 44.5 Å². The van der Waals surface area contributed by atoms with Gasteiger partial charge >= 0.3 is 0 Å². The SMILES string of the molecule is OC(CN(Cc1c[nH]c2ccc(F)cc12)c1ccc(I)cc1)(Cn1cncn1)c1ccc(F)cc1F. The van der Waals surface area contributed by atoms with Crippen LogP contribution in [-0.2, 0) is 18.7 Å². The second-order valence-corrected chi connectivity index (χ2v) is 9.83. The highest BCUT2D eigenvalue weighted by Crippen LogP contribution is 2.32. The second-order valence-electron chi connectivity index (χ2n) is 8.59. The predicted molar refractivity (Wildman–Crippen MR) is 139 cm³/mol. The molecule has 0 aliphatic rings. The van der Waals surface area contributed by atoms with Crippen LogP contribution < -0.4 is 4.90 Å². The average Bonchev–Trinajstić information content (AvgIpc) is 3.49. The van der Waals surface area contributed by atoms with Gasteiger partial charge < -0.3 is 15.0 Å². The van der Waals surface area contributed by atoms with Crippen LogP contribution in [0.4, 0.5) is 18.9 Å². The molecule has 0 fully saturated rings. The summed E-state index contributed by atoms with van der Waals surface area (Å²) in [5.74, 6) is -1.97. The molecule has 5 rings (SSSR count). The van der Waals surface area contributed by atoms with Crippen LogP contribution in [0, 0.1) is 21.0 Å². The van der Waals surface area contributed by atoms with Crippen molar-refractivity contribution in [1.82, 2.24) is 19.7 Å². The number of aromatic amines is 1. The first-order valence-electron chi connectivity index (χ1n) is 11.1. The molecule has 0 saturated carbocycles. The number of rotatable bonds is 8. The summed E-state index contributed by atoms with van der Waals surface area (Å²) in [6.07, 6.45) is 4.53. The maximum absolute atomic E-state index is 15.0. The van der Waals surface area contributed by atoms with Gasteiger partial charge in [-0.25, -0.2) is 22.8 Å². The number of aliphatic hydroxyl groups is 1. The van der Waals surface area contributed by atoms with Crippen molar-refractivity contribution in [2.75, 3.05) is 11.4 Å². The Hall–Kier alpha value is -3.38. The Labute approximate surface area is 218 Å². The number of hydrogen-bond donors (Lipinski definition) is 2. The molecule has 2 N–H and O–H groups in total. The third-order valence-corrected chi connectivity index (χ3v) is 6.78. The molecule has 184 valence electrons. The summed E-state index contributed by atoms with van der Waals surface area (Å²) < 4.78 is 45.2. The topological polar surface area (TPSA) is 70.0 Å². The van der Waals surface area contributed by atoms with Crippen molar-refractivity contribution in [2.24, 2.45) is 0 Å². The number of H-pyrrole nitrogens is 1. The van der Waals surface area contributed by atoms with Gasteiger partial charge in [-0.2, -0.15) is 5.10 Å². The summed E-state index contributed by atoms with van der Waals surface area (Å²) in [6.45, 7) is 0.0868. The zero-order valence-electron chi connectivity index (χ0n) is 18.9. The van der Waals surface area contributed by atoms with E-state index in [1.807, 2.05) is 29.2 Å². The first-order chi connectivity index (χ1) is 17.3. The summed E-state index contributed by atoms with van der Waals surface area (Å²) in [6, 6.07) is 15.2. The van der Waals surface area contributed by atoms with Crippen molar-refractivity contribution in [3.8, 4) is 0 Å². The van der Waals surface area contributed by atoms with Crippen molar-refractivity contribution in [2.45, 2.75) is 18.7 Å². The fourth-order valence-electron chi connectivity index (χ4n) is 4.36. The van der Waals surface area contributed by atoms with Crippen LogP contribution in [0.5, 0.6) is 0 Å². The first kappa shape index (κ1) is 24.3. The molecule has 0 bridgehead atoms. The van der Waals surface area contributed by atoms with Crippen LogP contribution in [-0.4, -0.2) is 31.4 Å². The van der Waals surface area contributed by atoms with Crippen molar-refractivity contribution in [3.63, 3.8) is 0 Å². The molecule has 0 amide bonds. The molecular weight excluding hydrogens is 582 g/mol. The molecule has 10 heteroatoms. The van der Waals surface area contributed by atoms with E-state index in [0.29, 0.717) is 5.39 Å². The Kier molecular flexibility index (Phi) is 6.71. The van der Waals surface area contributed by atoms with E-state index in [-0.39, 0.29) is 31.0 Å². The van der Waals surface area contributed by atoms with E-state index in [9.17, 15) is 18.3 Å². The Morgan fingerprint density at radius 1 is 1.00 bits per heavy atom. The van der Waals surface area contributed by atoms with Gasteiger partial charge in [0.15, 0.2) is 0 Å². The maximum atomic E-state index is 15.0. The zero-order valence-corrected chi connectivity index (χ0v) is 21.0. The lowest BCUT2D eigenvalue weighted by Gasteiger charge is -2.36. The number of nitrogens with zero attached hydrogens (tertiary/aromatic N) is 4. The Morgan fingerprint density at radius 3 is 2.47 bits per heavy atom. The molecule has 3 aromatic carbocycles. The van der Waals surface area contributed by atoms with Gasteiger partial charge in [-0.05, 0) is 76.7 Å². The standard InChI is InChI=1S/C26H21F3IN5O/c27-18-2-8-25-22(9-18)17(11-32-25)12-34(21-5-3-20(30)4-6-21)13-26(36,14-35-16-31-15-33-35)23-7-1-19(28)10-24(23)29/h1-11,15-16,32,36H,12-14H2. The number of hydrogen-bond acceptors (Lipinski definition) is 4. The van der Waals surface area contributed by atoms with Gasteiger partial charge in [-0.1, -0.05) is 6.07 Å². The van der Waals surface area contributed by atoms with E-state index in [0.717, 1.165) is 32.5 Å².